The zero-order valence-electron chi connectivity index (χ0n) is 24.4. The Morgan fingerprint density at radius 3 is 2.28 bits per heavy atom. The maximum Gasteiger partial charge on any atom is 0.303 e. The number of carboxylic acids is 1. The number of likely N-dealkylation sites (N-methyl/N-ethyl adjacent to an activating group) is 1. The van der Waals surface area contributed by atoms with Crippen LogP contribution < -0.4 is 5.32 Å². The first-order valence-electron chi connectivity index (χ1n) is 14.1. The van der Waals surface area contributed by atoms with E-state index in [1.54, 1.807) is 0 Å². The second-order valence-corrected chi connectivity index (χ2v) is 14.7. The second-order valence-electron chi connectivity index (χ2n) is 11.9. The summed E-state index contributed by atoms with van der Waals surface area (Å²) in [7, 11) is -2.84. The minimum atomic E-state index is -4.19. The third-order valence-corrected chi connectivity index (χ3v) is 10.6. The molecule has 1 atom stereocenters. The van der Waals surface area contributed by atoms with Crippen LogP contribution in [0, 0.1) is 11.7 Å². The van der Waals surface area contributed by atoms with Crippen LogP contribution in [0.1, 0.15) is 43.4 Å². The Bertz CT molecular complexity index is 1550. The van der Waals surface area contributed by atoms with Gasteiger partial charge < -0.3 is 15.5 Å². The minimum absolute atomic E-state index is 0.0670. The number of aliphatic hydroxyl groups is 1. The van der Waals surface area contributed by atoms with Gasteiger partial charge in [-0.3, -0.25) is 4.79 Å². The average Bonchev–Trinajstić information content (AvgIpc) is 3.31. The van der Waals surface area contributed by atoms with Crippen molar-refractivity contribution < 1.29 is 27.8 Å². The fraction of sp³-hybridized carbons (Fsp3) is 0.406. The van der Waals surface area contributed by atoms with Gasteiger partial charge in [0.15, 0.2) is 0 Å². The summed E-state index contributed by atoms with van der Waals surface area (Å²) in [5, 5.41) is 22.9. The van der Waals surface area contributed by atoms with E-state index in [0.29, 0.717) is 22.6 Å². The first-order chi connectivity index (χ1) is 20.2. The fourth-order valence-corrected chi connectivity index (χ4v) is 8.21. The number of nitrogens with one attached hydrogen (secondary N) is 1. The van der Waals surface area contributed by atoms with Gasteiger partial charge in [-0.1, -0.05) is 53.5 Å². The summed E-state index contributed by atoms with van der Waals surface area (Å²) in [6.45, 7) is 4.17. The van der Waals surface area contributed by atoms with E-state index >= 15 is 0 Å². The molecule has 0 heterocycles. The van der Waals surface area contributed by atoms with E-state index in [1.165, 1.54) is 48.5 Å². The SMILES string of the molecule is CN(CC(O)CNC(C)(C)CC1Cc2ccccc2C1)S(=O)(=O)c1c(Cl)cc(-c2ccc(F)cc2CCC(=O)O)cc1Cl. The monoisotopic (exact) mass is 650 g/mol. The van der Waals surface area contributed by atoms with Gasteiger partial charge >= 0.3 is 5.97 Å². The van der Waals surface area contributed by atoms with Crippen molar-refractivity contribution in [2.45, 2.75) is 62.5 Å². The number of hydrogen-bond acceptors (Lipinski definition) is 5. The van der Waals surface area contributed by atoms with Gasteiger partial charge in [-0.25, -0.2) is 12.8 Å². The molecule has 0 fully saturated rings. The highest BCUT2D eigenvalue weighted by Gasteiger charge is 2.31. The predicted molar refractivity (Wildman–Crippen MR) is 168 cm³/mol. The average molecular weight is 652 g/mol. The Hall–Kier alpha value is -2.53. The van der Waals surface area contributed by atoms with Crippen LogP contribution >= 0.6 is 23.2 Å². The summed E-state index contributed by atoms with van der Waals surface area (Å²) in [6.07, 6.45) is 1.82. The predicted octanol–water partition coefficient (Wildman–Crippen LogP) is 5.97. The third kappa shape index (κ3) is 8.35. The molecule has 4 rings (SSSR count). The summed E-state index contributed by atoms with van der Waals surface area (Å²) >= 11 is 12.9. The number of fused-ring (bicyclic) bond motifs is 1. The van der Waals surface area contributed by atoms with Crippen LogP contribution in [0.3, 0.4) is 0 Å². The highest BCUT2D eigenvalue weighted by Crippen LogP contribution is 2.38. The van der Waals surface area contributed by atoms with Gasteiger partial charge in [0, 0.05) is 32.1 Å². The smallest absolute Gasteiger partial charge is 0.303 e. The van der Waals surface area contributed by atoms with Gasteiger partial charge in [0.2, 0.25) is 10.0 Å². The third-order valence-electron chi connectivity index (χ3n) is 7.87. The molecule has 3 aromatic carbocycles. The van der Waals surface area contributed by atoms with E-state index in [-0.39, 0.29) is 46.4 Å². The molecule has 3 N–H and O–H groups in total. The highest BCUT2D eigenvalue weighted by molar-refractivity contribution is 7.89. The topological polar surface area (TPSA) is 107 Å². The van der Waals surface area contributed by atoms with Crippen LogP contribution in [0.25, 0.3) is 11.1 Å². The number of aliphatic carboxylic acids is 1. The molecule has 0 aliphatic heterocycles. The lowest BCUT2D eigenvalue weighted by molar-refractivity contribution is -0.136. The van der Waals surface area contributed by atoms with E-state index in [0.717, 1.165) is 23.6 Å². The standard InChI is InChI=1S/C32H37Cl2FN2O5S/c1-32(2,17-20-12-21-6-4-5-7-22(21)13-20)36-18-26(38)19-37(3)43(41,42)31-28(33)15-24(16-29(31)34)27-10-9-25(35)14-23(27)8-11-30(39)40/h4-7,9-10,14-16,20,26,36,38H,8,11-13,17-19H2,1-3H3,(H,39,40). The van der Waals surface area contributed by atoms with Crippen LogP contribution in [0.5, 0.6) is 0 Å². The number of carbonyl (C=O) groups is 1. The second kappa shape index (κ2) is 13.6. The zero-order chi connectivity index (χ0) is 31.5. The molecule has 1 unspecified atom stereocenters. The van der Waals surface area contributed by atoms with Crippen molar-refractivity contribution in [1.82, 2.24) is 9.62 Å². The van der Waals surface area contributed by atoms with Crippen LogP contribution in [0.15, 0.2) is 59.5 Å². The molecule has 7 nitrogen and oxygen atoms in total. The Kier molecular flexibility index (Phi) is 10.6. The van der Waals surface area contributed by atoms with Gasteiger partial charge in [0.25, 0.3) is 0 Å². The number of β-amino-alcohol motifs (C(OH)–C–C–N with tert-alkyl or cyclic N) is 1. The molecule has 0 amide bonds. The van der Waals surface area contributed by atoms with Crippen LogP contribution in [-0.2, 0) is 34.1 Å². The van der Waals surface area contributed by atoms with E-state index in [9.17, 15) is 22.7 Å². The summed E-state index contributed by atoms with van der Waals surface area (Å²) in [5.74, 6) is -1.06. The first kappa shape index (κ1) is 33.4. The number of aryl methyl sites for hydroxylation is 1. The molecule has 0 aromatic heterocycles. The maximum absolute atomic E-state index is 13.9. The number of hydrogen-bond donors (Lipinski definition) is 3. The van der Waals surface area contributed by atoms with Crippen molar-refractivity contribution in [3.8, 4) is 11.1 Å². The van der Waals surface area contributed by atoms with Crippen LogP contribution in [0.2, 0.25) is 10.0 Å². The molecular weight excluding hydrogens is 614 g/mol. The lowest BCUT2D eigenvalue weighted by Crippen LogP contribution is -2.47. The molecule has 0 radical (unpaired) electrons. The molecule has 0 saturated carbocycles. The molecule has 0 spiro atoms. The van der Waals surface area contributed by atoms with E-state index in [4.69, 9.17) is 28.3 Å². The van der Waals surface area contributed by atoms with Crippen molar-refractivity contribution in [3.05, 3.63) is 87.2 Å². The molecule has 1 aliphatic carbocycles. The summed E-state index contributed by atoms with van der Waals surface area (Å²) < 4.78 is 41.9. The summed E-state index contributed by atoms with van der Waals surface area (Å²) in [5.41, 5.74) is 3.85. The van der Waals surface area contributed by atoms with Crippen molar-refractivity contribution >= 4 is 39.2 Å². The lowest BCUT2D eigenvalue weighted by atomic mass is 9.88. The van der Waals surface area contributed by atoms with Gasteiger partial charge in [0.1, 0.15) is 10.7 Å². The number of nitrogens with zero attached hydrogens (tertiary/aromatic N) is 1. The number of sulfonamides is 1. The van der Waals surface area contributed by atoms with E-state index in [1.807, 2.05) is 0 Å². The van der Waals surface area contributed by atoms with Crippen molar-refractivity contribution in [3.63, 3.8) is 0 Å². The van der Waals surface area contributed by atoms with E-state index in [2.05, 4.69) is 43.4 Å². The molecule has 11 heteroatoms. The van der Waals surface area contributed by atoms with Gasteiger partial charge in [-0.05, 0) is 97.5 Å². The van der Waals surface area contributed by atoms with Gasteiger partial charge in [-0.15, -0.1) is 0 Å². The molecule has 0 saturated heterocycles. The Morgan fingerprint density at radius 1 is 1.09 bits per heavy atom. The normalized spacial score (nSPS) is 14.7. The Balaban J connectivity index is 1.41. The number of halogens is 3. The number of aliphatic hydroxyl groups excluding tert-OH is 1. The molecule has 232 valence electrons. The van der Waals surface area contributed by atoms with Crippen molar-refractivity contribution in [2.75, 3.05) is 20.1 Å². The minimum Gasteiger partial charge on any atom is -0.481 e. The molecular formula is C32H37Cl2FN2O5S. The highest BCUT2D eigenvalue weighted by atomic mass is 35.5. The Morgan fingerprint density at radius 2 is 1.70 bits per heavy atom. The largest absolute Gasteiger partial charge is 0.481 e. The first-order valence-corrected chi connectivity index (χ1v) is 16.3. The molecule has 3 aromatic rings. The number of carboxylic acid groups (broad SMARTS) is 1. The van der Waals surface area contributed by atoms with Gasteiger partial charge in [-0.2, -0.15) is 4.31 Å². The molecule has 43 heavy (non-hydrogen) atoms. The van der Waals surface area contributed by atoms with Crippen LogP contribution in [-0.4, -0.2) is 60.7 Å². The quantitative estimate of drug-likeness (QED) is 0.210. The van der Waals surface area contributed by atoms with Crippen molar-refractivity contribution in [2.24, 2.45) is 5.92 Å². The zero-order valence-corrected chi connectivity index (χ0v) is 26.7. The maximum atomic E-state index is 13.9. The van der Waals surface area contributed by atoms with E-state index < -0.39 is 27.9 Å². The Labute approximate surface area is 262 Å². The number of benzene rings is 3. The van der Waals surface area contributed by atoms with Crippen LogP contribution in [0.4, 0.5) is 4.39 Å². The number of rotatable bonds is 13. The molecule has 1 aliphatic rings. The fourth-order valence-electron chi connectivity index (χ4n) is 5.85. The summed E-state index contributed by atoms with van der Waals surface area (Å²) in [6, 6.07) is 15.2. The molecule has 0 bridgehead atoms. The van der Waals surface area contributed by atoms with Crippen molar-refractivity contribution in [1.29, 1.82) is 0 Å². The lowest BCUT2D eigenvalue weighted by Gasteiger charge is -2.31. The summed E-state index contributed by atoms with van der Waals surface area (Å²) in [4.78, 5) is 10.8. The van der Waals surface area contributed by atoms with Gasteiger partial charge in [0.05, 0.1) is 16.1 Å².